The van der Waals surface area contributed by atoms with E-state index in [1.165, 1.54) is 0 Å². The third-order valence-corrected chi connectivity index (χ3v) is 2.32. The van der Waals surface area contributed by atoms with Crippen LogP contribution in [-0.2, 0) is 14.2 Å². The molecule has 0 bridgehead atoms. The number of azide groups is 1. The van der Waals surface area contributed by atoms with Crippen LogP contribution in [0, 0.1) is 0 Å². The zero-order valence-corrected chi connectivity index (χ0v) is 9.44. The third kappa shape index (κ3) is 3.07. The Labute approximate surface area is 93.9 Å². The summed E-state index contributed by atoms with van der Waals surface area (Å²) in [6.07, 6.45) is -2.11. The van der Waals surface area contributed by atoms with Crippen LogP contribution in [0.3, 0.4) is 0 Å². The molecule has 1 saturated heterocycles. The Balaban J connectivity index is 2.61. The molecule has 1 aliphatic heterocycles. The molecule has 0 aromatic heterocycles. The smallest absolute Gasteiger partial charge is 0.186 e. The lowest BCUT2D eigenvalue weighted by Gasteiger charge is -2.25. The summed E-state index contributed by atoms with van der Waals surface area (Å²) in [6, 6.07) is -0.571. The van der Waals surface area contributed by atoms with Gasteiger partial charge in [-0.05, 0) is 19.4 Å². The van der Waals surface area contributed by atoms with Gasteiger partial charge in [-0.15, -0.1) is 0 Å². The van der Waals surface area contributed by atoms with Crippen molar-refractivity contribution in [3.8, 4) is 0 Å². The molecule has 0 aliphatic carbocycles. The average Bonchev–Trinajstić information content (AvgIpc) is 2.61. The summed E-state index contributed by atoms with van der Waals surface area (Å²) >= 11 is 0. The molecule has 1 heterocycles. The predicted molar refractivity (Wildman–Crippen MR) is 55.7 cm³/mol. The Bertz CT molecular complexity index is 251. The number of ether oxygens (including phenoxy) is 3. The minimum atomic E-state index is -0.890. The number of nitrogens with zero attached hydrogens (tertiary/aromatic N) is 3. The molecule has 7 heteroatoms. The summed E-state index contributed by atoms with van der Waals surface area (Å²) in [4.78, 5) is 2.66. The molecular weight excluding hydrogens is 214 g/mol. The lowest BCUT2D eigenvalue weighted by atomic mass is 10.1. The van der Waals surface area contributed by atoms with Crippen molar-refractivity contribution in [3.05, 3.63) is 10.4 Å². The molecule has 0 radical (unpaired) electrons. The fourth-order valence-corrected chi connectivity index (χ4v) is 1.60. The van der Waals surface area contributed by atoms with Crippen LogP contribution in [0.5, 0.6) is 0 Å². The molecule has 1 N–H and O–H groups in total. The van der Waals surface area contributed by atoms with Crippen molar-refractivity contribution in [2.45, 2.75) is 38.4 Å². The molecule has 3 atom stereocenters. The van der Waals surface area contributed by atoms with Crippen molar-refractivity contribution in [3.63, 3.8) is 0 Å². The Morgan fingerprint density at radius 1 is 1.50 bits per heavy atom. The Hall–Kier alpha value is -0.850. The van der Waals surface area contributed by atoms with Gasteiger partial charge < -0.3 is 19.3 Å². The first-order valence-corrected chi connectivity index (χ1v) is 5.31. The van der Waals surface area contributed by atoms with Crippen molar-refractivity contribution >= 4 is 0 Å². The largest absolute Gasteiger partial charge is 0.390 e. The molecule has 0 unspecified atom stereocenters. The van der Waals surface area contributed by atoms with Gasteiger partial charge in [-0.25, -0.2) is 0 Å². The van der Waals surface area contributed by atoms with Crippen LogP contribution >= 0.6 is 0 Å². The SMILES string of the molecule is CCOC(OCC)[C@H]1OC[C@H](N=[N+]=[N-])[C@H]1O. The van der Waals surface area contributed by atoms with Crippen molar-refractivity contribution in [1.82, 2.24) is 0 Å². The van der Waals surface area contributed by atoms with Gasteiger partial charge in [0.25, 0.3) is 0 Å². The first-order valence-electron chi connectivity index (χ1n) is 5.31. The average molecular weight is 231 g/mol. The lowest BCUT2D eigenvalue weighted by molar-refractivity contribution is -0.206. The van der Waals surface area contributed by atoms with Crippen molar-refractivity contribution in [2.24, 2.45) is 5.11 Å². The molecule has 0 aromatic rings. The zero-order chi connectivity index (χ0) is 12.0. The van der Waals surface area contributed by atoms with Gasteiger partial charge in [-0.2, -0.15) is 0 Å². The van der Waals surface area contributed by atoms with E-state index in [1.54, 1.807) is 0 Å². The van der Waals surface area contributed by atoms with Crippen LogP contribution in [0.4, 0.5) is 0 Å². The van der Waals surface area contributed by atoms with Crippen molar-refractivity contribution in [2.75, 3.05) is 19.8 Å². The van der Waals surface area contributed by atoms with Gasteiger partial charge in [0.15, 0.2) is 6.29 Å². The second-order valence-electron chi connectivity index (χ2n) is 3.34. The molecule has 7 nitrogen and oxygen atoms in total. The van der Waals surface area contributed by atoms with Gasteiger partial charge in [-0.1, -0.05) is 5.11 Å². The Morgan fingerprint density at radius 3 is 2.62 bits per heavy atom. The topological polar surface area (TPSA) is 96.7 Å². The highest BCUT2D eigenvalue weighted by molar-refractivity contribution is 4.90. The van der Waals surface area contributed by atoms with E-state index in [9.17, 15) is 5.11 Å². The Kier molecular flexibility index (Phi) is 5.51. The zero-order valence-electron chi connectivity index (χ0n) is 9.44. The second-order valence-corrected chi connectivity index (χ2v) is 3.34. The molecule has 1 aliphatic rings. The molecular formula is C9H17N3O4. The molecule has 92 valence electrons. The maximum absolute atomic E-state index is 9.85. The van der Waals surface area contributed by atoms with E-state index >= 15 is 0 Å². The number of rotatable bonds is 6. The Morgan fingerprint density at radius 2 is 2.12 bits per heavy atom. The lowest BCUT2D eigenvalue weighted by Crippen LogP contribution is -2.41. The summed E-state index contributed by atoms with van der Waals surface area (Å²) in [7, 11) is 0. The molecule has 1 rings (SSSR count). The van der Waals surface area contributed by atoms with Crippen molar-refractivity contribution < 1.29 is 19.3 Å². The van der Waals surface area contributed by atoms with E-state index in [0.29, 0.717) is 13.2 Å². The van der Waals surface area contributed by atoms with E-state index in [0.717, 1.165) is 0 Å². The quantitative estimate of drug-likeness (QED) is 0.317. The normalized spacial score (nSPS) is 29.4. The third-order valence-electron chi connectivity index (χ3n) is 2.32. The maximum Gasteiger partial charge on any atom is 0.186 e. The van der Waals surface area contributed by atoms with E-state index in [4.69, 9.17) is 19.7 Å². The molecule has 0 spiro atoms. The molecule has 0 amide bonds. The second kappa shape index (κ2) is 6.67. The van der Waals surface area contributed by atoms with Gasteiger partial charge in [0.2, 0.25) is 0 Å². The summed E-state index contributed by atoms with van der Waals surface area (Å²) in [6.45, 7) is 4.77. The van der Waals surface area contributed by atoms with Crippen LogP contribution in [0.15, 0.2) is 5.11 Å². The highest BCUT2D eigenvalue weighted by atomic mass is 16.7. The molecule has 1 fully saturated rings. The van der Waals surface area contributed by atoms with Crippen LogP contribution in [0.25, 0.3) is 10.4 Å². The number of hydrogen-bond donors (Lipinski definition) is 1. The van der Waals surface area contributed by atoms with E-state index in [1.807, 2.05) is 13.8 Å². The maximum atomic E-state index is 9.85. The summed E-state index contributed by atoms with van der Waals surface area (Å²) in [5.74, 6) is 0. The summed E-state index contributed by atoms with van der Waals surface area (Å²) in [5.41, 5.74) is 8.31. The van der Waals surface area contributed by atoms with Crippen LogP contribution in [-0.4, -0.2) is 49.5 Å². The molecule has 0 aromatic carbocycles. The van der Waals surface area contributed by atoms with Gasteiger partial charge in [0, 0.05) is 18.1 Å². The van der Waals surface area contributed by atoms with Gasteiger partial charge in [-0.3, -0.25) is 0 Å². The van der Waals surface area contributed by atoms with Gasteiger partial charge in [0.1, 0.15) is 6.10 Å². The van der Waals surface area contributed by atoms with Crippen LogP contribution in [0.1, 0.15) is 13.8 Å². The molecule has 0 saturated carbocycles. The number of aliphatic hydroxyl groups excluding tert-OH is 1. The fraction of sp³-hybridized carbons (Fsp3) is 1.00. The standard InChI is InChI=1S/C9H17N3O4/c1-3-14-9(15-4-2)8-7(13)6(5-16-8)11-12-10/h6-9,13H,3-5H2,1-2H3/t6-,7+,8-/m0/s1. The van der Waals surface area contributed by atoms with E-state index < -0.39 is 24.5 Å². The monoisotopic (exact) mass is 231 g/mol. The summed E-state index contributed by atoms with van der Waals surface area (Å²) < 4.78 is 16.0. The fourth-order valence-electron chi connectivity index (χ4n) is 1.60. The van der Waals surface area contributed by atoms with Crippen LogP contribution in [0.2, 0.25) is 0 Å². The molecule has 16 heavy (non-hydrogen) atoms. The van der Waals surface area contributed by atoms with Crippen LogP contribution < -0.4 is 0 Å². The first-order chi connectivity index (χ1) is 7.74. The highest BCUT2D eigenvalue weighted by Crippen LogP contribution is 2.22. The minimum absolute atomic E-state index is 0.187. The summed E-state index contributed by atoms with van der Waals surface area (Å²) in [5, 5.41) is 13.3. The van der Waals surface area contributed by atoms with Gasteiger partial charge >= 0.3 is 0 Å². The predicted octanol–water partition coefficient (Wildman–Crippen LogP) is 0.824. The number of aliphatic hydroxyl groups is 1. The van der Waals surface area contributed by atoms with E-state index in [-0.39, 0.29) is 6.61 Å². The minimum Gasteiger partial charge on any atom is -0.390 e. The van der Waals surface area contributed by atoms with Gasteiger partial charge in [0.05, 0.1) is 18.8 Å². The number of hydrogen-bond acceptors (Lipinski definition) is 5. The van der Waals surface area contributed by atoms with Crippen molar-refractivity contribution in [1.29, 1.82) is 0 Å². The first kappa shape index (κ1) is 13.2. The highest BCUT2D eigenvalue weighted by Gasteiger charge is 2.41. The van der Waals surface area contributed by atoms with E-state index in [2.05, 4.69) is 10.0 Å².